The molecule has 0 spiro atoms. The van der Waals surface area contributed by atoms with Crippen molar-refractivity contribution in [3.05, 3.63) is 23.2 Å². The molecular formula is C14H18N4O2S. The van der Waals surface area contributed by atoms with Gasteiger partial charge in [0.2, 0.25) is 0 Å². The maximum absolute atomic E-state index is 11.9. The third-order valence-electron chi connectivity index (χ3n) is 3.71. The van der Waals surface area contributed by atoms with Gasteiger partial charge in [-0.15, -0.1) is 11.3 Å². The van der Waals surface area contributed by atoms with Crippen LogP contribution in [0.2, 0.25) is 0 Å². The van der Waals surface area contributed by atoms with Crippen molar-refractivity contribution < 1.29 is 9.59 Å². The van der Waals surface area contributed by atoms with Crippen LogP contribution in [0.3, 0.4) is 0 Å². The van der Waals surface area contributed by atoms with E-state index in [1.807, 2.05) is 11.4 Å². The van der Waals surface area contributed by atoms with Crippen LogP contribution in [0.25, 0.3) is 10.2 Å². The Balaban J connectivity index is 1.48. The number of hydrogen-bond donors (Lipinski definition) is 4. The standard InChI is InChI=1S/C14H18N4O2S/c19-13(11-8-12-10(16-11)6-7-21-12)17-18-14(20)15-9-4-2-1-3-5-9/h6-9,16H,1-5H2,(H,17,19)(H2,15,18,20). The minimum atomic E-state index is -0.358. The molecule has 2 aromatic rings. The number of nitrogens with one attached hydrogen (secondary N) is 4. The molecule has 1 fully saturated rings. The van der Waals surface area contributed by atoms with E-state index in [-0.39, 0.29) is 18.0 Å². The smallest absolute Gasteiger partial charge is 0.333 e. The summed E-state index contributed by atoms with van der Waals surface area (Å²) in [6, 6.07) is 3.55. The SMILES string of the molecule is O=C(NNC(=O)c1cc2sccc2[nH]1)NC1CCCCC1. The van der Waals surface area contributed by atoms with Gasteiger partial charge in [0.25, 0.3) is 5.91 Å². The Bertz CT molecular complexity index is 614. The molecule has 2 heterocycles. The molecule has 0 saturated heterocycles. The summed E-state index contributed by atoms with van der Waals surface area (Å²) >= 11 is 1.56. The van der Waals surface area contributed by atoms with Gasteiger partial charge in [-0.3, -0.25) is 10.2 Å². The lowest BCUT2D eigenvalue weighted by atomic mass is 9.96. The molecule has 7 heteroatoms. The van der Waals surface area contributed by atoms with E-state index in [0.717, 1.165) is 35.9 Å². The van der Waals surface area contributed by atoms with E-state index in [9.17, 15) is 9.59 Å². The number of thiophene rings is 1. The molecule has 0 unspecified atom stereocenters. The summed E-state index contributed by atoms with van der Waals surface area (Å²) in [4.78, 5) is 26.7. The molecule has 112 valence electrons. The van der Waals surface area contributed by atoms with Crippen LogP contribution >= 0.6 is 11.3 Å². The predicted octanol–water partition coefficient (Wildman–Crippen LogP) is 2.51. The minimum Gasteiger partial charge on any atom is -0.350 e. The first-order valence-corrected chi connectivity index (χ1v) is 8.03. The lowest BCUT2D eigenvalue weighted by molar-refractivity contribution is 0.0931. The first-order chi connectivity index (χ1) is 10.2. The van der Waals surface area contributed by atoms with Crippen LogP contribution < -0.4 is 16.2 Å². The number of aromatic amines is 1. The Kier molecular flexibility index (Phi) is 4.10. The molecule has 3 amide bonds. The summed E-state index contributed by atoms with van der Waals surface area (Å²) in [5, 5.41) is 4.83. The van der Waals surface area contributed by atoms with Gasteiger partial charge in [-0.05, 0) is 30.4 Å². The number of aromatic nitrogens is 1. The van der Waals surface area contributed by atoms with Gasteiger partial charge in [-0.25, -0.2) is 10.2 Å². The van der Waals surface area contributed by atoms with Gasteiger partial charge in [-0.2, -0.15) is 0 Å². The second-order valence-corrected chi connectivity index (χ2v) is 6.22. The highest BCUT2D eigenvalue weighted by atomic mass is 32.1. The normalized spacial score (nSPS) is 15.8. The van der Waals surface area contributed by atoms with E-state index in [1.54, 1.807) is 17.4 Å². The molecule has 0 atom stereocenters. The fourth-order valence-corrected chi connectivity index (χ4v) is 3.40. The highest BCUT2D eigenvalue weighted by Gasteiger charge is 2.16. The Morgan fingerprint density at radius 1 is 1.19 bits per heavy atom. The summed E-state index contributed by atoms with van der Waals surface area (Å²) in [7, 11) is 0. The second-order valence-electron chi connectivity index (χ2n) is 5.27. The lowest BCUT2D eigenvalue weighted by Crippen LogP contribution is -2.50. The van der Waals surface area contributed by atoms with Crippen LogP contribution in [-0.4, -0.2) is 23.0 Å². The Labute approximate surface area is 126 Å². The summed E-state index contributed by atoms with van der Waals surface area (Å²) in [5.74, 6) is -0.350. The summed E-state index contributed by atoms with van der Waals surface area (Å²) in [5.41, 5.74) is 6.18. The van der Waals surface area contributed by atoms with Crippen molar-refractivity contribution in [3.8, 4) is 0 Å². The molecule has 2 aromatic heterocycles. The molecular weight excluding hydrogens is 288 g/mol. The summed E-state index contributed by atoms with van der Waals surface area (Å²) in [6.45, 7) is 0. The predicted molar refractivity (Wildman–Crippen MR) is 82.2 cm³/mol. The minimum absolute atomic E-state index is 0.214. The molecule has 1 saturated carbocycles. The van der Waals surface area contributed by atoms with Gasteiger partial charge < -0.3 is 10.3 Å². The number of rotatable bonds is 2. The number of hydrazine groups is 1. The maximum atomic E-state index is 11.9. The third-order valence-corrected chi connectivity index (χ3v) is 4.58. The fourth-order valence-electron chi connectivity index (χ4n) is 2.62. The summed E-state index contributed by atoms with van der Waals surface area (Å²) < 4.78 is 1.02. The van der Waals surface area contributed by atoms with Gasteiger partial charge in [0.15, 0.2) is 0 Å². The van der Waals surface area contributed by atoms with Crippen molar-refractivity contribution >= 4 is 33.5 Å². The Morgan fingerprint density at radius 2 is 2.00 bits per heavy atom. The number of hydrogen-bond acceptors (Lipinski definition) is 3. The average Bonchev–Trinajstić information content (AvgIpc) is 3.07. The van der Waals surface area contributed by atoms with Crippen LogP contribution in [0.5, 0.6) is 0 Å². The van der Waals surface area contributed by atoms with Crippen LogP contribution in [0, 0.1) is 0 Å². The van der Waals surface area contributed by atoms with Crippen molar-refractivity contribution in [3.63, 3.8) is 0 Å². The Hall–Kier alpha value is -2.02. The zero-order valence-electron chi connectivity index (χ0n) is 11.6. The van der Waals surface area contributed by atoms with Crippen molar-refractivity contribution in [1.82, 2.24) is 21.2 Å². The summed E-state index contributed by atoms with van der Waals surface area (Å²) in [6.07, 6.45) is 5.55. The van der Waals surface area contributed by atoms with E-state index < -0.39 is 0 Å². The van der Waals surface area contributed by atoms with Gasteiger partial charge in [-0.1, -0.05) is 19.3 Å². The third kappa shape index (κ3) is 3.36. The van der Waals surface area contributed by atoms with Crippen LogP contribution in [0.4, 0.5) is 4.79 Å². The lowest BCUT2D eigenvalue weighted by Gasteiger charge is -2.22. The van der Waals surface area contributed by atoms with E-state index >= 15 is 0 Å². The van der Waals surface area contributed by atoms with Gasteiger partial charge in [0.1, 0.15) is 5.69 Å². The zero-order chi connectivity index (χ0) is 14.7. The molecule has 0 aromatic carbocycles. The zero-order valence-corrected chi connectivity index (χ0v) is 12.4. The van der Waals surface area contributed by atoms with Gasteiger partial charge in [0, 0.05) is 6.04 Å². The van der Waals surface area contributed by atoms with Crippen LogP contribution in [-0.2, 0) is 0 Å². The van der Waals surface area contributed by atoms with Crippen molar-refractivity contribution in [2.75, 3.05) is 0 Å². The number of H-pyrrole nitrogens is 1. The molecule has 4 N–H and O–H groups in total. The molecule has 1 aliphatic rings. The number of carbonyl (C=O) groups is 2. The fraction of sp³-hybridized carbons (Fsp3) is 0.429. The van der Waals surface area contributed by atoms with E-state index in [1.165, 1.54) is 6.42 Å². The van der Waals surface area contributed by atoms with Crippen LogP contribution in [0.15, 0.2) is 17.5 Å². The number of amides is 3. The van der Waals surface area contributed by atoms with E-state index in [4.69, 9.17) is 0 Å². The average molecular weight is 306 g/mol. The molecule has 3 rings (SSSR count). The largest absolute Gasteiger partial charge is 0.350 e. The van der Waals surface area contributed by atoms with E-state index in [0.29, 0.717) is 5.69 Å². The molecule has 6 nitrogen and oxygen atoms in total. The first kappa shape index (κ1) is 13.9. The van der Waals surface area contributed by atoms with Crippen LogP contribution in [0.1, 0.15) is 42.6 Å². The highest BCUT2D eigenvalue weighted by Crippen LogP contribution is 2.21. The van der Waals surface area contributed by atoms with Crippen molar-refractivity contribution in [1.29, 1.82) is 0 Å². The van der Waals surface area contributed by atoms with Gasteiger partial charge >= 0.3 is 6.03 Å². The molecule has 1 aliphatic carbocycles. The quantitative estimate of drug-likeness (QED) is 0.643. The topological polar surface area (TPSA) is 86.0 Å². The number of fused-ring (bicyclic) bond motifs is 1. The maximum Gasteiger partial charge on any atom is 0.333 e. The van der Waals surface area contributed by atoms with Crippen molar-refractivity contribution in [2.24, 2.45) is 0 Å². The van der Waals surface area contributed by atoms with Gasteiger partial charge in [0.05, 0.1) is 10.2 Å². The Morgan fingerprint density at radius 3 is 2.76 bits per heavy atom. The highest BCUT2D eigenvalue weighted by molar-refractivity contribution is 7.17. The first-order valence-electron chi connectivity index (χ1n) is 7.15. The number of carbonyl (C=O) groups excluding carboxylic acids is 2. The van der Waals surface area contributed by atoms with E-state index in [2.05, 4.69) is 21.2 Å². The number of urea groups is 1. The molecule has 21 heavy (non-hydrogen) atoms. The monoisotopic (exact) mass is 306 g/mol. The molecule has 0 radical (unpaired) electrons. The molecule has 0 aliphatic heterocycles. The van der Waals surface area contributed by atoms with Crippen molar-refractivity contribution in [2.45, 2.75) is 38.1 Å². The second kappa shape index (κ2) is 6.17. The molecule has 0 bridgehead atoms.